The maximum Gasteiger partial charge on any atom is 0.410 e. The summed E-state index contributed by atoms with van der Waals surface area (Å²) in [6, 6.07) is 36.3. The number of hydrogen-bond donors (Lipinski definition) is 1. The Morgan fingerprint density at radius 1 is 0.575 bits per heavy atom. The van der Waals surface area contributed by atoms with Gasteiger partial charge < -0.3 is 43.0 Å². The number of methoxy groups -OCH3 is 2. The lowest BCUT2D eigenvalue weighted by molar-refractivity contribution is 0.0189. The van der Waals surface area contributed by atoms with Gasteiger partial charge in [-0.1, -0.05) is 48.5 Å². The van der Waals surface area contributed by atoms with Crippen LogP contribution >= 0.6 is 45.2 Å². The number of nitrogens with zero attached hydrogens (tertiary/aromatic N) is 9. The summed E-state index contributed by atoms with van der Waals surface area (Å²) in [6.07, 6.45) is 10.6. The summed E-state index contributed by atoms with van der Waals surface area (Å²) in [5.74, 6) is 2.33. The van der Waals surface area contributed by atoms with Gasteiger partial charge in [-0.05, 0) is 165 Å². The second-order valence-corrected chi connectivity index (χ2v) is 20.8. The van der Waals surface area contributed by atoms with E-state index in [4.69, 9.17) is 43.6 Å². The maximum absolute atomic E-state index is 12.6. The molecule has 0 aliphatic carbocycles. The zero-order valence-corrected chi connectivity index (χ0v) is 45.6. The van der Waals surface area contributed by atoms with Crippen LogP contribution in [0.15, 0.2) is 134 Å². The summed E-state index contributed by atoms with van der Waals surface area (Å²) in [5, 5.41) is 3.44. The van der Waals surface area contributed by atoms with Crippen molar-refractivity contribution in [1.29, 1.82) is 0 Å². The minimum Gasteiger partial charge on any atom is -0.493 e. The molecule has 4 aromatic carbocycles. The number of nitrogens with one attached hydrogen (secondary N) is 1. The van der Waals surface area contributed by atoms with E-state index in [1.54, 1.807) is 31.5 Å². The van der Waals surface area contributed by atoms with Crippen molar-refractivity contribution in [2.24, 2.45) is 0 Å². The Bertz CT molecular complexity index is 3130. The molecule has 18 heteroatoms. The summed E-state index contributed by atoms with van der Waals surface area (Å²) >= 11 is 4.61. The molecule has 2 aliphatic heterocycles. The topological polar surface area (TPSA) is 166 Å². The van der Waals surface area contributed by atoms with Gasteiger partial charge in [0, 0.05) is 55.8 Å². The van der Waals surface area contributed by atoms with Crippen LogP contribution in [0.25, 0.3) is 45.3 Å². The van der Waals surface area contributed by atoms with Crippen LogP contribution in [0.3, 0.4) is 0 Å². The first-order valence-corrected chi connectivity index (χ1v) is 26.2. The van der Waals surface area contributed by atoms with Crippen LogP contribution in [0, 0.1) is 7.14 Å². The Balaban J connectivity index is 0.000000183. The van der Waals surface area contributed by atoms with Crippen LogP contribution in [0.2, 0.25) is 0 Å². The average Bonchev–Trinajstić information content (AvgIpc) is 4.06. The Kier molecular flexibility index (Phi) is 16.5. The zero-order chi connectivity index (χ0) is 50.9. The number of rotatable bonds is 12. The third-order valence-corrected chi connectivity index (χ3v) is 13.8. The molecule has 2 fully saturated rings. The van der Waals surface area contributed by atoms with Gasteiger partial charge in [0.25, 0.3) is 0 Å². The number of para-hydroxylation sites is 4. The minimum atomic E-state index is -0.523. The number of ether oxygens (including phenoxy) is 5. The molecule has 1 amide bonds. The van der Waals surface area contributed by atoms with E-state index in [2.05, 4.69) is 118 Å². The van der Waals surface area contributed by atoms with Crippen molar-refractivity contribution in [2.75, 3.05) is 40.4 Å². The molecule has 0 saturated carbocycles. The van der Waals surface area contributed by atoms with Gasteiger partial charge in [0.1, 0.15) is 5.60 Å². The van der Waals surface area contributed by atoms with Crippen LogP contribution in [0.1, 0.15) is 58.5 Å². The van der Waals surface area contributed by atoms with Crippen molar-refractivity contribution in [3.8, 4) is 80.3 Å². The lowest BCUT2D eigenvalue weighted by Gasteiger charge is -2.34. The highest BCUT2D eigenvalue weighted by Gasteiger charge is 2.30. The molecule has 6 heterocycles. The Morgan fingerprint density at radius 3 is 1.42 bits per heavy atom. The second kappa shape index (κ2) is 23.5. The molecule has 0 spiro atoms. The first-order valence-electron chi connectivity index (χ1n) is 24.1. The fourth-order valence-corrected chi connectivity index (χ4v) is 9.52. The highest BCUT2D eigenvalue weighted by molar-refractivity contribution is 14.1. The summed E-state index contributed by atoms with van der Waals surface area (Å²) in [4.78, 5) is 42.4. The minimum absolute atomic E-state index is 0.132. The number of piperidine rings is 2. The molecule has 16 nitrogen and oxygen atoms in total. The number of aromatic nitrogens is 8. The van der Waals surface area contributed by atoms with Gasteiger partial charge in [0.2, 0.25) is 0 Å². The van der Waals surface area contributed by atoms with E-state index >= 15 is 0 Å². The average molecular weight is 1210 g/mol. The Morgan fingerprint density at radius 2 is 1.00 bits per heavy atom. The Hall–Kier alpha value is -6.65. The van der Waals surface area contributed by atoms with E-state index in [1.165, 1.54) is 3.57 Å². The van der Waals surface area contributed by atoms with E-state index in [1.807, 2.05) is 94.1 Å². The number of amides is 1. The number of carbonyl (C=O) groups excluding carboxylic acids is 1. The van der Waals surface area contributed by atoms with E-state index in [9.17, 15) is 4.79 Å². The lowest BCUT2D eigenvalue weighted by atomic mass is 10.0. The maximum atomic E-state index is 12.6. The van der Waals surface area contributed by atoms with Crippen LogP contribution in [-0.2, 0) is 4.74 Å². The third kappa shape index (κ3) is 12.6. The van der Waals surface area contributed by atoms with Gasteiger partial charge >= 0.3 is 18.1 Å². The first kappa shape index (κ1) is 51.3. The van der Waals surface area contributed by atoms with Crippen molar-refractivity contribution in [3.05, 3.63) is 141 Å². The third-order valence-electron chi connectivity index (χ3n) is 12.3. The van der Waals surface area contributed by atoms with Gasteiger partial charge in [-0.25, -0.2) is 24.7 Å². The van der Waals surface area contributed by atoms with Crippen LogP contribution in [-0.4, -0.2) is 96.0 Å². The smallest absolute Gasteiger partial charge is 0.410 e. The highest BCUT2D eigenvalue weighted by Crippen LogP contribution is 2.39. The monoisotopic (exact) mass is 1210 g/mol. The van der Waals surface area contributed by atoms with Crippen molar-refractivity contribution in [2.45, 2.75) is 64.1 Å². The molecule has 4 aromatic heterocycles. The molecule has 73 heavy (non-hydrogen) atoms. The van der Waals surface area contributed by atoms with Gasteiger partial charge in [-0.2, -0.15) is 9.97 Å². The van der Waals surface area contributed by atoms with Crippen LogP contribution in [0.5, 0.6) is 35.0 Å². The number of likely N-dealkylation sites (tertiary alicyclic amines) is 1. The molecular formula is C55H56I2N10O6. The summed E-state index contributed by atoms with van der Waals surface area (Å²) in [6.45, 7) is 8.84. The van der Waals surface area contributed by atoms with E-state index in [0.29, 0.717) is 47.8 Å². The normalized spacial score (nSPS) is 14.2. The predicted molar refractivity (Wildman–Crippen MR) is 296 cm³/mol. The van der Waals surface area contributed by atoms with Gasteiger partial charge in [0.15, 0.2) is 23.0 Å². The van der Waals surface area contributed by atoms with Crippen molar-refractivity contribution >= 4 is 51.3 Å². The lowest BCUT2D eigenvalue weighted by Crippen LogP contribution is -2.42. The zero-order valence-electron chi connectivity index (χ0n) is 41.2. The quantitative estimate of drug-likeness (QED) is 0.115. The molecule has 0 radical (unpaired) electrons. The molecule has 10 rings (SSSR count). The summed E-state index contributed by atoms with van der Waals surface area (Å²) in [7, 11) is 3.21. The summed E-state index contributed by atoms with van der Waals surface area (Å²) < 4.78 is 35.2. The largest absolute Gasteiger partial charge is 0.493 e. The molecule has 1 N–H and O–H groups in total. The number of halogens is 2. The molecule has 2 aliphatic rings. The Labute approximate surface area is 452 Å². The number of benzene rings is 4. The number of imidazole rings is 2. The molecule has 0 bridgehead atoms. The molecule has 8 aromatic rings. The molecule has 2 saturated heterocycles. The summed E-state index contributed by atoms with van der Waals surface area (Å²) in [5.41, 5.74) is 6.60. The molecule has 0 unspecified atom stereocenters. The van der Waals surface area contributed by atoms with E-state index < -0.39 is 5.60 Å². The van der Waals surface area contributed by atoms with Crippen molar-refractivity contribution < 1.29 is 28.5 Å². The fourth-order valence-electron chi connectivity index (χ4n) is 8.81. The SMILES string of the molecule is COc1ccccc1Oc1nccc(-c2c(-c3ccc(I)cc3)ncn2C2CCN(C(=O)OC(C)(C)C)CC2)n1.COc1ccccc1Oc1nccc(-c2c(-c3ccc(I)cc3)ncn2C2CCNCC2)n1. The molecular weight excluding hydrogens is 1150 g/mol. The van der Waals surface area contributed by atoms with E-state index in [0.717, 1.165) is 81.9 Å². The predicted octanol–water partition coefficient (Wildman–Crippen LogP) is 12.3. The van der Waals surface area contributed by atoms with Crippen LogP contribution < -0.4 is 24.3 Å². The highest BCUT2D eigenvalue weighted by atomic mass is 127. The van der Waals surface area contributed by atoms with E-state index in [-0.39, 0.29) is 24.2 Å². The van der Waals surface area contributed by atoms with Crippen molar-refractivity contribution in [3.63, 3.8) is 0 Å². The second-order valence-electron chi connectivity index (χ2n) is 18.3. The van der Waals surface area contributed by atoms with Crippen LogP contribution in [0.4, 0.5) is 4.79 Å². The molecule has 376 valence electrons. The van der Waals surface area contributed by atoms with Gasteiger partial charge in [-0.3, -0.25) is 0 Å². The van der Waals surface area contributed by atoms with Gasteiger partial charge in [-0.15, -0.1) is 0 Å². The number of hydrogen-bond acceptors (Lipinski definition) is 13. The van der Waals surface area contributed by atoms with Gasteiger partial charge in [0.05, 0.1) is 61.0 Å². The number of carbonyl (C=O) groups is 1. The fraction of sp³-hybridized carbons (Fsp3) is 0.291. The first-order chi connectivity index (χ1) is 35.4. The van der Waals surface area contributed by atoms with Crippen molar-refractivity contribution in [1.82, 2.24) is 49.3 Å². The molecule has 0 atom stereocenters. The standard InChI is InChI=1S/C30H32IN5O4.C25H24IN5O2/c1-30(2,3)40-29(37)35-17-14-22(15-18-35)36-19-33-26(20-9-11-21(31)12-10-20)27(36)23-13-16-32-28(34-23)39-25-8-6-5-7-24(25)38-4;1-32-21-4-2-3-5-22(21)33-25-28-15-12-20(30-25)24-23(17-6-8-18(26)9-7-17)29-16-31(24)19-10-13-27-14-11-19/h5-13,16,19,22H,14-15,17-18H2,1-4H3;2-9,12,15-16,19,27H,10-11,13-14H2,1H3.